The number of rotatable bonds is 3. The lowest BCUT2D eigenvalue weighted by Gasteiger charge is -2.24. The van der Waals surface area contributed by atoms with Crippen molar-refractivity contribution in [2.24, 2.45) is 0 Å². The molecule has 0 bridgehead atoms. The van der Waals surface area contributed by atoms with Crippen LogP contribution in [0, 0.1) is 0 Å². The zero-order valence-corrected chi connectivity index (χ0v) is 35.1. The van der Waals surface area contributed by atoms with Gasteiger partial charge in [0.25, 0.3) is 0 Å². The molecule has 0 saturated heterocycles. The number of fused-ring (bicyclic) bond motifs is 18. The number of para-hydroxylation sites is 4. The van der Waals surface area contributed by atoms with Crippen LogP contribution in [-0.4, -0.2) is 23.5 Å². The van der Waals surface area contributed by atoms with Crippen molar-refractivity contribution in [2.75, 3.05) is 0 Å². The van der Waals surface area contributed by atoms with Crippen molar-refractivity contribution in [1.82, 2.24) is 23.5 Å². The van der Waals surface area contributed by atoms with Gasteiger partial charge in [-0.15, -0.1) is 0 Å². The molecule has 0 unspecified atom stereocenters. The Kier molecular flexibility index (Phi) is 6.43. The van der Waals surface area contributed by atoms with Gasteiger partial charge in [0.05, 0.1) is 50.0 Å². The van der Waals surface area contributed by atoms with Crippen LogP contribution in [0.4, 0.5) is 0 Å². The van der Waals surface area contributed by atoms with Gasteiger partial charge in [0.1, 0.15) is 0 Å². The van der Waals surface area contributed by atoms with E-state index in [1.54, 1.807) is 0 Å². The summed E-state index contributed by atoms with van der Waals surface area (Å²) in [5.74, 6) is 0.669. The molecular formula is C59H37N5. The van der Waals surface area contributed by atoms with Crippen LogP contribution in [0.2, 0.25) is 0 Å². The van der Waals surface area contributed by atoms with Crippen LogP contribution in [0.5, 0.6) is 0 Å². The molecule has 0 fully saturated rings. The largest absolute Gasteiger partial charge is 0.309 e. The average molecular weight is 816 g/mol. The first-order chi connectivity index (χ1) is 31.5. The third-order valence-electron chi connectivity index (χ3n) is 14.5. The molecule has 1 aliphatic carbocycles. The van der Waals surface area contributed by atoms with Gasteiger partial charge in [0.15, 0.2) is 0 Å². The highest BCUT2D eigenvalue weighted by molar-refractivity contribution is 6.34. The lowest BCUT2D eigenvalue weighted by molar-refractivity contribution is 0.657. The summed E-state index contributed by atoms with van der Waals surface area (Å²) in [7, 11) is 0. The second kappa shape index (κ2) is 12.0. The normalized spacial score (nSPS) is 13.6. The molecule has 5 heteroatoms. The molecule has 5 heterocycles. The van der Waals surface area contributed by atoms with E-state index in [0.717, 1.165) is 50.3 Å². The Morgan fingerprint density at radius 2 is 1.03 bits per heavy atom. The Morgan fingerprint density at radius 1 is 0.406 bits per heavy atom. The van der Waals surface area contributed by atoms with Crippen molar-refractivity contribution in [3.63, 3.8) is 0 Å². The van der Waals surface area contributed by atoms with E-state index in [9.17, 15) is 0 Å². The molecule has 9 aromatic carbocycles. The molecule has 0 aliphatic heterocycles. The lowest BCUT2D eigenvalue weighted by Crippen LogP contribution is -2.18. The predicted octanol–water partition coefficient (Wildman–Crippen LogP) is 14.9. The SMILES string of the molecule is CC1(C)c2ccccc2-c2nc(-n3c4ccc5c(c6cccc7c8ccccc8n5c76)c4c4ccc5ccccc5c43)nc(-c3ccc4c5ccccc5n(-c5ccccc5)c4c3)c21. The van der Waals surface area contributed by atoms with Crippen molar-refractivity contribution >= 4 is 92.5 Å². The van der Waals surface area contributed by atoms with Crippen LogP contribution >= 0.6 is 0 Å². The number of benzene rings is 9. The molecule has 14 aromatic rings. The smallest absolute Gasteiger partial charge is 0.235 e. The maximum absolute atomic E-state index is 5.85. The van der Waals surface area contributed by atoms with Gasteiger partial charge in [-0.05, 0) is 53.4 Å². The van der Waals surface area contributed by atoms with Crippen LogP contribution in [-0.2, 0) is 5.41 Å². The van der Waals surface area contributed by atoms with E-state index < -0.39 is 0 Å². The quantitative estimate of drug-likeness (QED) is 0.178. The van der Waals surface area contributed by atoms with Gasteiger partial charge >= 0.3 is 0 Å². The predicted molar refractivity (Wildman–Crippen MR) is 266 cm³/mol. The summed E-state index contributed by atoms with van der Waals surface area (Å²) in [6, 6.07) is 68.8. The van der Waals surface area contributed by atoms with Crippen molar-refractivity contribution in [1.29, 1.82) is 0 Å². The van der Waals surface area contributed by atoms with Crippen LogP contribution < -0.4 is 0 Å². The first kappa shape index (κ1) is 34.3. The van der Waals surface area contributed by atoms with Crippen LogP contribution in [0.15, 0.2) is 188 Å². The molecule has 64 heavy (non-hydrogen) atoms. The highest BCUT2D eigenvalue weighted by Gasteiger charge is 2.40. The zero-order chi connectivity index (χ0) is 42.0. The standard InChI is InChI=1S/C59H37N5/c1-59(2)45-24-11-8-21-42(45)55-53(59)54(35-28-29-40-38-19-9-12-25-46(38)62(50(40)33-35)36-16-4-3-5-17-36)60-58(61-55)64-49-32-31-48-51(52(49)44-30-27-34-15-6-7-18-37(34)56(44)64)43-23-14-22-41-39-20-10-13-26-47(39)63(48)57(41)43/h3-33H,1-2H3. The van der Waals surface area contributed by atoms with Crippen molar-refractivity contribution in [3.05, 3.63) is 199 Å². The third kappa shape index (κ3) is 4.19. The van der Waals surface area contributed by atoms with Crippen LogP contribution in [0.25, 0.3) is 127 Å². The topological polar surface area (TPSA) is 40.1 Å². The van der Waals surface area contributed by atoms with E-state index in [2.05, 4.69) is 215 Å². The first-order valence-corrected chi connectivity index (χ1v) is 22.2. The maximum Gasteiger partial charge on any atom is 0.235 e. The minimum atomic E-state index is -0.343. The number of hydrogen-bond donors (Lipinski definition) is 0. The highest BCUT2D eigenvalue weighted by Crippen LogP contribution is 2.52. The molecule has 5 aromatic heterocycles. The minimum Gasteiger partial charge on any atom is -0.309 e. The number of nitrogens with zero attached hydrogens (tertiary/aromatic N) is 5. The summed E-state index contributed by atoms with van der Waals surface area (Å²) in [6.07, 6.45) is 0. The Morgan fingerprint density at radius 3 is 1.91 bits per heavy atom. The molecule has 298 valence electrons. The van der Waals surface area contributed by atoms with Crippen molar-refractivity contribution in [3.8, 4) is 34.2 Å². The zero-order valence-electron chi connectivity index (χ0n) is 35.1. The van der Waals surface area contributed by atoms with Gasteiger partial charge in [-0.3, -0.25) is 4.57 Å². The molecule has 0 atom stereocenters. The van der Waals surface area contributed by atoms with E-state index in [1.165, 1.54) is 81.5 Å². The van der Waals surface area contributed by atoms with E-state index >= 15 is 0 Å². The van der Waals surface area contributed by atoms with Gasteiger partial charge in [0.2, 0.25) is 5.95 Å². The molecule has 1 aliphatic rings. The summed E-state index contributed by atoms with van der Waals surface area (Å²) >= 11 is 0. The van der Waals surface area contributed by atoms with Gasteiger partial charge in [0, 0.05) is 76.3 Å². The molecule has 0 radical (unpaired) electrons. The van der Waals surface area contributed by atoms with Crippen LogP contribution in [0.3, 0.4) is 0 Å². The van der Waals surface area contributed by atoms with Crippen molar-refractivity contribution < 1.29 is 0 Å². The molecule has 0 saturated carbocycles. The van der Waals surface area contributed by atoms with Crippen LogP contribution in [0.1, 0.15) is 25.0 Å². The number of aromatic nitrogens is 5. The fourth-order valence-corrected chi connectivity index (χ4v) is 11.9. The van der Waals surface area contributed by atoms with Gasteiger partial charge in [-0.2, -0.15) is 0 Å². The summed E-state index contributed by atoms with van der Waals surface area (Å²) in [5.41, 5.74) is 15.6. The Balaban J connectivity index is 1.10. The Labute approximate surface area is 367 Å². The summed E-state index contributed by atoms with van der Waals surface area (Å²) in [6.45, 7) is 4.67. The van der Waals surface area contributed by atoms with Gasteiger partial charge in [-0.25, -0.2) is 9.97 Å². The lowest BCUT2D eigenvalue weighted by atomic mass is 9.81. The Hall–Kier alpha value is -8.28. The van der Waals surface area contributed by atoms with Crippen molar-refractivity contribution in [2.45, 2.75) is 19.3 Å². The summed E-state index contributed by atoms with van der Waals surface area (Å²) in [4.78, 5) is 11.6. The highest BCUT2D eigenvalue weighted by atomic mass is 15.2. The summed E-state index contributed by atoms with van der Waals surface area (Å²) in [5, 5.41) is 12.3. The van der Waals surface area contributed by atoms with E-state index in [0.29, 0.717) is 5.95 Å². The monoisotopic (exact) mass is 815 g/mol. The minimum absolute atomic E-state index is 0.343. The summed E-state index contributed by atoms with van der Waals surface area (Å²) < 4.78 is 7.25. The molecule has 5 nitrogen and oxygen atoms in total. The second-order valence-corrected chi connectivity index (χ2v) is 18.1. The fourth-order valence-electron chi connectivity index (χ4n) is 11.9. The van der Waals surface area contributed by atoms with E-state index in [1.807, 2.05) is 0 Å². The van der Waals surface area contributed by atoms with Gasteiger partial charge in [-0.1, -0.05) is 159 Å². The number of hydrogen-bond acceptors (Lipinski definition) is 2. The first-order valence-electron chi connectivity index (χ1n) is 22.2. The average Bonchev–Trinajstić information content (AvgIpc) is 4.12. The molecule has 0 N–H and O–H groups in total. The second-order valence-electron chi connectivity index (χ2n) is 18.1. The third-order valence-corrected chi connectivity index (χ3v) is 14.5. The van der Waals surface area contributed by atoms with Gasteiger partial charge < -0.3 is 8.97 Å². The molecule has 0 spiro atoms. The van der Waals surface area contributed by atoms with E-state index in [4.69, 9.17) is 9.97 Å². The Bertz CT molecular complexity index is 4330. The molecule has 15 rings (SSSR count). The molecular weight excluding hydrogens is 779 g/mol. The maximum atomic E-state index is 5.85. The fraction of sp³-hybridized carbons (Fsp3) is 0.0508. The van der Waals surface area contributed by atoms with E-state index in [-0.39, 0.29) is 5.41 Å². The molecule has 0 amide bonds.